The van der Waals surface area contributed by atoms with Crippen LogP contribution in [0.3, 0.4) is 0 Å². The fraction of sp³-hybridized carbons (Fsp3) is 0.118. The highest BCUT2D eigenvalue weighted by Gasteiger charge is 2.07. The molecule has 0 radical (unpaired) electrons. The second kappa shape index (κ2) is 7.74. The van der Waals surface area contributed by atoms with Gasteiger partial charge in [0, 0.05) is 12.5 Å². The van der Waals surface area contributed by atoms with E-state index in [2.05, 4.69) is 10.5 Å². The number of carbonyl (C=O) groups is 2. The quantitative estimate of drug-likeness (QED) is 0.398. The Bertz CT molecular complexity index is 727. The molecule has 6 nitrogen and oxygen atoms in total. The van der Waals surface area contributed by atoms with Gasteiger partial charge in [-0.05, 0) is 35.9 Å². The molecular weight excluding hydrogens is 296 g/mol. The van der Waals surface area contributed by atoms with Gasteiger partial charge in [-0.3, -0.25) is 9.59 Å². The Hall–Kier alpha value is -3.15. The van der Waals surface area contributed by atoms with Gasteiger partial charge < -0.3 is 9.47 Å². The zero-order chi connectivity index (χ0) is 16.7. The maximum absolute atomic E-state index is 11.8. The number of nitrogens with zero attached hydrogens (tertiary/aromatic N) is 1. The molecule has 0 bridgehead atoms. The number of methoxy groups -OCH3 is 1. The van der Waals surface area contributed by atoms with Gasteiger partial charge in [0.25, 0.3) is 5.91 Å². The van der Waals surface area contributed by atoms with Crippen molar-refractivity contribution >= 4 is 18.1 Å². The highest BCUT2D eigenvalue weighted by atomic mass is 16.6. The molecule has 1 amide bonds. The second-order valence-corrected chi connectivity index (χ2v) is 4.57. The summed E-state index contributed by atoms with van der Waals surface area (Å²) in [6, 6.07) is 13.7. The average Bonchev–Trinajstić information content (AvgIpc) is 2.56. The molecule has 1 N–H and O–H groups in total. The summed E-state index contributed by atoms with van der Waals surface area (Å²) in [5.41, 5.74) is 3.64. The minimum absolute atomic E-state index is 0.301. The Morgan fingerprint density at radius 2 is 1.83 bits per heavy atom. The van der Waals surface area contributed by atoms with Crippen molar-refractivity contribution in [3.8, 4) is 11.5 Å². The number of carbonyl (C=O) groups excluding carboxylic acids is 2. The SMILES string of the molecule is COc1cc(C=NNC(=O)c2ccccc2)ccc1OC(C)=O. The molecule has 0 saturated heterocycles. The van der Waals surface area contributed by atoms with E-state index in [-0.39, 0.29) is 5.91 Å². The monoisotopic (exact) mass is 312 g/mol. The van der Waals surface area contributed by atoms with Crippen LogP contribution in [0.4, 0.5) is 0 Å². The van der Waals surface area contributed by atoms with Crippen LogP contribution in [-0.2, 0) is 4.79 Å². The Labute approximate surface area is 133 Å². The molecule has 0 saturated carbocycles. The third-order valence-electron chi connectivity index (χ3n) is 2.86. The van der Waals surface area contributed by atoms with E-state index < -0.39 is 5.97 Å². The summed E-state index contributed by atoms with van der Waals surface area (Å²) in [7, 11) is 1.47. The number of hydrazone groups is 1. The fourth-order valence-corrected chi connectivity index (χ4v) is 1.82. The van der Waals surface area contributed by atoms with E-state index >= 15 is 0 Å². The Kier molecular flexibility index (Phi) is 5.46. The smallest absolute Gasteiger partial charge is 0.308 e. The lowest BCUT2D eigenvalue weighted by atomic mass is 10.2. The summed E-state index contributed by atoms with van der Waals surface area (Å²) >= 11 is 0. The molecule has 0 fully saturated rings. The van der Waals surface area contributed by atoms with Gasteiger partial charge in [-0.1, -0.05) is 18.2 Å². The minimum atomic E-state index is -0.431. The Morgan fingerprint density at radius 1 is 1.09 bits per heavy atom. The highest BCUT2D eigenvalue weighted by molar-refractivity contribution is 5.94. The average molecular weight is 312 g/mol. The highest BCUT2D eigenvalue weighted by Crippen LogP contribution is 2.27. The number of esters is 1. The number of amides is 1. The molecule has 0 aromatic heterocycles. The van der Waals surface area contributed by atoms with Crippen molar-refractivity contribution in [2.24, 2.45) is 5.10 Å². The lowest BCUT2D eigenvalue weighted by Crippen LogP contribution is -2.17. The predicted molar refractivity (Wildman–Crippen MR) is 85.8 cm³/mol. The van der Waals surface area contributed by atoms with Gasteiger partial charge in [0.15, 0.2) is 11.5 Å². The topological polar surface area (TPSA) is 77.0 Å². The van der Waals surface area contributed by atoms with E-state index in [0.29, 0.717) is 22.6 Å². The first-order chi connectivity index (χ1) is 11.1. The Balaban J connectivity index is 2.05. The number of hydrogen-bond acceptors (Lipinski definition) is 5. The van der Waals surface area contributed by atoms with Crippen LogP contribution < -0.4 is 14.9 Å². The van der Waals surface area contributed by atoms with Gasteiger partial charge in [-0.2, -0.15) is 5.10 Å². The van der Waals surface area contributed by atoms with E-state index in [9.17, 15) is 9.59 Å². The fourth-order valence-electron chi connectivity index (χ4n) is 1.82. The van der Waals surface area contributed by atoms with Crippen LogP contribution in [0.5, 0.6) is 11.5 Å². The van der Waals surface area contributed by atoms with Crippen LogP contribution in [0.2, 0.25) is 0 Å². The van der Waals surface area contributed by atoms with Crippen LogP contribution in [0.25, 0.3) is 0 Å². The summed E-state index contributed by atoms with van der Waals surface area (Å²) in [4.78, 5) is 22.8. The second-order valence-electron chi connectivity index (χ2n) is 4.57. The number of benzene rings is 2. The standard InChI is InChI=1S/C17H16N2O4/c1-12(20)23-15-9-8-13(10-16(15)22-2)11-18-19-17(21)14-6-4-3-5-7-14/h3-11H,1-2H3,(H,19,21). The van der Waals surface area contributed by atoms with Gasteiger partial charge in [0.1, 0.15) is 0 Å². The van der Waals surface area contributed by atoms with Crippen molar-refractivity contribution < 1.29 is 19.1 Å². The first kappa shape index (κ1) is 16.2. The zero-order valence-electron chi connectivity index (χ0n) is 12.8. The molecule has 2 aromatic rings. The summed E-state index contributed by atoms with van der Waals surface area (Å²) in [5, 5.41) is 3.90. The predicted octanol–water partition coefficient (Wildman–Crippen LogP) is 2.38. The van der Waals surface area contributed by atoms with Crippen molar-refractivity contribution in [3.05, 3.63) is 59.7 Å². The number of rotatable bonds is 5. The van der Waals surface area contributed by atoms with Crippen molar-refractivity contribution in [2.45, 2.75) is 6.92 Å². The van der Waals surface area contributed by atoms with Crippen molar-refractivity contribution in [2.75, 3.05) is 7.11 Å². The van der Waals surface area contributed by atoms with Crippen LogP contribution in [0.15, 0.2) is 53.6 Å². The molecule has 0 aliphatic heterocycles. The van der Waals surface area contributed by atoms with Crippen LogP contribution in [-0.4, -0.2) is 25.2 Å². The molecule has 2 rings (SSSR count). The number of nitrogens with one attached hydrogen (secondary N) is 1. The lowest BCUT2D eigenvalue weighted by molar-refractivity contribution is -0.132. The van der Waals surface area contributed by atoms with Crippen molar-refractivity contribution in [3.63, 3.8) is 0 Å². The summed E-state index contributed by atoms with van der Waals surface area (Å²) in [6.45, 7) is 1.31. The van der Waals surface area contributed by atoms with Crippen molar-refractivity contribution in [1.82, 2.24) is 5.43 Å². The first-order valence-electron chi connectivity index (χ1n) is 6.85. The third kappa shape index (κ3) is 4.67. The maximum Gasteiger partial charge on any atom is 0.308 e. The van der Waals surface area contributed by atoms with Gasteiger partial charge in [0.05, 0.1) is 13.3 Å². The van der Waals surface area contributed by atoms with E-state index in [1.54, 1.807) is 42.5 Å². The molecule has 2 aromatic carbocycles. The minimum Gasteiger partial charge on any atom is -0.493 e. The third-order valence-corrected chi connectivity index (χ3v) is 2.86. The van der Waals surface area contributed by atoms with E-state index in [0.717, 1.165) is 0 Å². The van der Waals surface area contributed by atoms with Crippen LogP contribution >= 0.6 is 0 Å². The molecule has 118 valence electrons. The molecule has 23 heavy (non-hydrogen) atoms. The maximum atomic E-state index is 11.8. The van der Waals surface area contributed by atoms with Crippen molar-refractivity contribution in [1.29, 1.82) is 0 Å². The van der Waals surface area contributed by atoms with E-state index in [1.807, 2.05) is 6.07 Å². The number of hydrogen-bond donors (Lipinski definition) is 1. The molecule has 0 aliphatic carbocycles. The largest absolute Gasteiger partial charge is 0.493 e. The van der Waals surface area contributed by atoms with E-state index in [1.165, 1.54) is 20.2 Å². The summed E-state index contributed by atoms with van der Waals surface area (Å²) in [6.07, 6.45) is 1.47. The van der Waals surface area contributed by atoms with Crippen LogP contribution in [0.1, 0.15) is 22.8 Å². The summed E-state index contributed by atoms with van der Waals surface area (Å²) < 4.78 is 10.2. The zero-order valence-corrected chi connectivity index (χ0v) is 12.8. The Morgan fingerprint density at radius 3 is 2.48 bits per heavy atom. The van der Waals surface area contributed by atoms with Gasteiger partial charge >= 0.3 is 5.97 Å². The molecule has 6 heteroatoms. The molecular formula is C17H16N2O4. The summed E-state index contributed by atoms with van der Waals surface area (Å²) in [5.74, 6) is -0.00537. The molecule has 0 atom stereocenters. The molecule has 0 heterocycles. The van der Waals surface area contributed by atoms with Gasteiger partial charge in [0.2, 0.25) is 0 Å². The molecule has 0 aliphatic rings. The van der Waals surface area contributed by atoms with Gasteiger partial charge in [-0.15, -0.1) is 0 Å². The van der Waals surface area contributed by atoms with E-state index in [4.69, 9.17) is 9.47 Å². The lowest BCUT2D eigenvalue weighted by Gasteiger charge is -2.08. The first-order valence-corrected chi connectivity index (χ1v) is 6.85. The normalized spacial score (nSPS) is 10.3. The molecule has 0 unspecified atom stereocenters. The van der Waals surface area contributed by atoms with Crippen LogP contribution in [0, 0.1) is 0 Å². The molecule has 0 spiro atoms. The van der Waals surface area contributed by atoms with Gasteiger partial charge in [-0.25, -0.2) is 5.43 Å². The number of ether oxygens (including phenoxy) is 2.